The lowest BCUT2D eigenvalue weighted by molar-refractivity contribution is -0.114. The largest absolute Gasteiger partial charge is 0.300 e. The number of hydrogen-bond donors (Lipinski definition) is 0. The first kappa shape index (κ1) is 14.7. The predicted molar refractivity (Wildman–Crippen MR) is 85.5 cm³/mol. The smallest absolute Gasteiger partial charge is 0.290 e. The minimum atomic E-state index is -0.405. The van der Waals surface area contributed by atoms with Crippen molar-refractivity contribution in [2.45, 2.75) is 38.6 Å². The van der Waals surface area contributed by atoms with E-state index in [2.05, 4.69) is 27.8 Å². The molecule has 5 heteroatoms. The van der Waals surface area contributed by atoms with Gasteiger partial charge in [0.25, 0.3) is 5.78 Å². The van der Waals surface area contributed by atoms with Crippen molar-refractivity contribution in [1.82, 2.24) is 4.90 Å². The van der Waals surface area contributed by atoms with Crippen LogP contribution in [0.3, 0.4) is 0 Å². The third kappa shape index (κ3) is 2.53. The van der Waals surface area contributed by atoms with Gasteiger partial charge in [-0.2, -0.15) is 0 Å². The molecule has 0 bridgehead atoms. The molecule has 0 saturated carbocycles. The zero-order valence-corrected chi connectivity index (χ0v) is 13.7. The van der Waals surface area contributed by atoms with Gasteiger partial charge >= 0.3 is 5.91 Å². The van der Waals surface area contributed by atoms with Crippen molar-refractivity contribution in [2.75, 3.05) is 18.1 Å². The standard InChI is InChI=1S/C16H19BrN2O2/c1-2-11-6-3-4-9-18(11)10-19-14-12(15(20)16(19)21)7-5-8-13(14)17/h5,7-8,11H,2-4,6,9-10H2,1H3/t11-/m0/s1. The number of halogens is 1. The number of carbonyl (C=O) groups is 2. The van der Waals surface area contributed by atoms with Gasteiger partial charge in [-0.15, -0.1) is 0 Å². The number of fused-ring (bicyclic) bond motifs is 1. The van der Waals surface area contributed by atoms with Crippen molar-refractivity contribution < 1.29 is 9.59 Å². The maximum absolute atomic E-state index is 12.3. The third-order valence-electron chi connectivity index (χ3n) is 4.48. The van der Waals surface area contributed by atoms with Gasteiger partial charge in [-0.25, -0.2) is 0 Å². The molecule has 2 aliphatic rings. The Kier molecular flexibility index (Phi) is 4.13. The van der Waals surface area contributed by atoms with E-state index in [1.165, 1.54) is 12.8 Å². The molecule has 2 heterocycles. The maximum Gasteiger partial charge on any atom is 0.300 e. The number of carbonyl (C=O) groups excluding carboxylic acids is 2. The topological polar surface area (TPSA) is 40.6 Å². The molecule has 1 atom stereocenters. The van der Waals surface area contributed by atoms with Gasteiger partial charge in [0, 0.05) is 17.1 Å². The summed E-state index contributed by atoms with van der Waals surface area (Å²) in [5.74, 6) is -0.798. The fourth-order valence-electron chi connectivity index (χ4n) is 3.34. The average molecular weight is 351 g/mol. The van der Waals surface area contributed by atoms with Crippen LogP contribution in [0.1, 0.15) is 43.0 Å². The monoisotopic (exact) mass is 350 g/mol. The Morgan fingerprint density at radius 3 is 2.86 bits per heavy atom. The van der Waals surface area contributed by atoms with Crippen LogP contribution in [0, 0.1) is 0 Å². The van der Waals surface area contributed by atoms with Gasteiger partial charge < -0.3 is 0 Å². The lowest BCUT2D eigenvalue weighted by Gasteiger charge is -2.37. The molecule has 0 radical (unpaired) electrons. The highest BCUT2D eigenvalue weighted by molar-refractivity contribution is 9.10. The van der Waals surface area contributed by atoms with Crippen LogP contribution in [0.5, 0.6) is 0 Å². The first-order valence-corrected chi connectivity index (χ1v) is 8.31. The molecule has 2 aliphatic heterocycles. The second-order valence-corrected chi connectivity index (χ2v) is 6.56. The molecule has 0 aromatic heterocycles. The van der Waals surface area contributed by atoms with Crippen LogP contribution in [-0.2, 0) is 4.79 Å². The van der Waals surface area contributed by atoms with Crippen LogP contribution in [0.15, 0.2) is 22.7 Å². The SMILES string of the molecule is CC[C@H]1CCCCN1CN1C(=O)C(=O)c2cccc(Br)c21. The molecule has 0 aliphatic carbocycles. The Hall–Kier alpha value is -1.20. The van der Waals surface area contributed by atoms with Gasteiger partial charge in [0.15, 0.2) is 0 Å². The highest BCUT2D eigenvalue weighted by atomic mass is 79.9. The Bertz CT molecular complexity index is 588. The molecule has 4 nitrogen and oxygen atoms in total. The van der Waals surface area contributed by atoms with Gasteiger partial charge in [0.1, 0.15) is 0 Å². The van der Waals surface area contributed by atoms with E-state index in [1.807, 2.05) is 6.07 Å². The quantitative estimate of drug-likeness (QED) is 0.786. The summed E-state index contributed by atoms with van der Waals surface area (Å²) < 4.78 is 0.809. The van der Waals surface area contributed by atoms with Crippen LogP contribution >= 0.6 is 15.9 Å². The third-order valence-corrected chi connectivity index (χ3v) is 5.12. The van der Waals surface area contributed by atoms with Crippen LogP contribution in [0.4, 0.5) is 5.69 Å². The van der Waals surface area contributed by atoms with Crippen molar-refractivity contribution >= 4 is 33.3 Å². The van der Waals surface area contributed by atoms with Gasteiger partial charge in [-0.3, -0.25) is 19.4 Å². The zero-order valence-electron chi connectivity index (χ0n) is 12.1. The highest BCUT2D eigenvalue weighted by Crippen LogP contribution is 2.36. The number of anilines is 1. The number of para-hydroxylation sites is 1. The molecule has 0 unspecified atom stereocenters. The second-order valence-electron chi connectivity index (χ2n) is 5.71. The molecule has 1 saturated heterocycles. The predicted octanol–water partition coefficient (Wildman–Crippen LogP) is 3.20. The number of Topliss-reactive ketones (excluding diaryl/α,β-unsaturated/α-hetero) is 1. The normalized spacial score (nSPS) is 22.8. The van der Waals surface area contributed by atoms with Crippen molar-refractivity contribution in [2.24, 2.45) is 0 Å². The van der Waals surface area contributed by atoms with E-state index in [-0.39, 0.29) is 0 Å². The summed E-state index contributed by atoms with van der Waals surface area (Å²) in [5.41, 5.74) is 1.24. The van der Waals surface area contributed by atoms with Crippen LogP contribution in [0.2, 0.25) is 0 Å². The van der Waals surface area contributed by atoms with Crippen molar-refractivity contribution in [3.63, 3.8) is 0 Å². The Labute approximate surface area is 133 Å². The van der Waals surface area contributed by atoms with E-state index < -0.39 is 11.7 Å². The highest BCUT2D eigenvalue weighted by Gasteiger charge is 2.38. The number of piperidine rings is 1. The molecule has 1 amide bonds. The van der Waals surface area contributed by atoms with E-state index >= 15 is 0 Å². The number of hydrogen-bond acceptors (Lipinski definition) is 3. The lowest BCUT2D eigenvalue weighted by atomic mass is 10.0. The Morgan fingerprint density at radius 2 is 2.10 bits per heavy atom. The molecular weight excluding hydrogens is 332 g/mol. The maximum atomic E-state index is 12.3. The fourth-order valence-corrected chi connectivity index (χ4v) is 3.92. The van der Waals surface area contributed by atoms with Gasteiger partial charge in [-0.05, 0) is 47.3 Å². The zero-order chi connectivity index (χ0) is 15.0. The van der Waals surface area contributed by atoms with Gasteiger partial charge in [0.2, 0.25) is 0 Å². The summed E-state index contributed by atoms with van der Waals surface area (Å²) in [4.78, 5) is 28.4. The first-order valence-electron chi connectivity index (χ1n) is 7.52. The minimum absolute atomic E-state index is 0.392. The van der Waals surface area contributed by atoms with Gasteiger partial charge in [-0.1, -0.05) is 19.4 Å². The number of likely N-dealkylation sites (tertiary alicyclic amines) is 1. The van der Waals surface area contributed by atoms with E-state index in [0.29, 0.717) is 18.3 Å². The molecule has 1 fully saturated rings. The molecule has 3 rings (SSSR count). The van der Waals surface area contributed by atoms with E-state index in [0.717, 1.165) is 29.5 Å². The second kappa shape index (κ2) is 5.89. The van der Waals surface area contributed by atoms with Gasteiger partial charge in [0.05, 0.1) is 17.9 Å². The number of rotatable bonds is 3. The van der Waals surface area contributed by atoms with Crippen molar-refractivity contribution in [3.05, 3.63) is 28.2 Å². The van der Waals surface area contributed by atoms with Crippen molar-refractivity contribution in [1.29, 1.82) is 0 Å². The summed E-state index contributed by atoms with van der Waals surface area (Å²) in [6.45, 7) is 3.69. The summed E-state index contributed by atoms with van der Waals surface area (Å²) in [6.07, 6.45) is 4.67. The lowest BCUT2D eigenvalue weighted by Crippen LogP contribution is -2.47. The van der Waals surface area contributed by atoms with E-state index in [9.17, 15) is 9.59 Å². The Morgan fingerprint density at radius 1 is 1.29 bits per heavy atom. The summed E-state index contributed by atoms with van der Waals surface area (Å²) >= 11 is 3.48. The first-order chi connectivity index (χ1) is 10.1. The van der Waals surface area contributed by atoms with Crippen molar-refractivity contribution in [3.8, 4) is 0 Å². The van der Waals surface area contributed by atoms with Crippen LogP contribution in [-0.4, -0.2) is 35.8 Å². The minimum Gasteiger partial charge on any atom is -0.290 e. The molecule has 1 aromatic carbocycles. The molecule has 112 valence electrons. The molecule has 0 N–H and O–H groups in total. The number of nitrogens with zero attached hydrogens (tertiary/aromatic N) is 2. The Balaban J connectivity index is 1.89. The van der Waals surface area contributed by atoms with E-state index in [4.69, 9.17) is 0 Å². The van der Waals surface area contributed by atoms with Crippen LogP contribution < -0.4 is 4.90 Å². The molecule has 1 aromatic rings. The van der Waals surface area contributed by atoms with Crippen LogP contribution in [0.25, 0.3) is 0 Å². The average Bonchev–Trinajstić information content (AvgIpc) is 2.74. The van der Waals surface area contributed by atoms with E-state index in [1.54, 1.807) is 17.0 Å². The number of ketones is 1. The molecule has 21 heavy (non-hydrogen) atoms. The number of benzene rings is 1. The fraction of sp³-hybridized carbons (Fsp3) is 0.500. The molecule has 0 spiro atoms. The summed E-state index contributed by atoms with van der Waals surface area (Å²) in [5, 5.41) is 0. The number of amides is 1. The summed E-state index contributed by atoms with van der Waals surface area (Å²) in [7, 11) is 0. The summed E-state index contributed by atoms with van der Waals surface area (Å²) in [6, 6.07) is 5.92. The molecular formula is C16H19BrN2O2.